The van der Waals surface area contributed by atoms with E-state index in [2.05, 4.69) is 17.9 Å². The first-order chi connectivity index (χ1) is 8.47. The number of nitrogens with one attached hydrogen (secondary N) is 1. The Hall–Kier alpha value is -0.500. The van der Waals surface area contributed by atoms with Crippen LogP contribution in [-0.4, -0.2) is 47.2 Å². The van der Waals surface area contributed by atoms with E-state index in [4.69, 9.17) is 9.84 Å². The molecular formula is C13H35NO5S. The lowest BCUT2D eigenvalue weighted by Crippen LogP contribution is -2.39. The van der Waals surface area contributed by atoms with Gasteiger partial charge in [-0.2, -0.15) is 12.6 Å². The molecule has 0 aromatic heterocycles. The van der Waals surface area contributed by atoms with E-state index in [0.29, 0.717) is 6.04 Å². The monoisotopic (exact) mass is 317 g/mol. The lowest BCUT2D eigenvalue weighted by molar-refractivity contribution is 0.0493. The van der Waals surface area contributed by atoms with E-state index in [1.54, 1.807) is 6.26 Å². The van der Waals surface area contributed by atoms with Crippen molar-refractivity contribution in [3.63, 3.8) is 0 Å². The zero-order valence-corrected chi connectivity index (χ0v) is 14.2. The third kappa shape index (κ3) is 17.5. The van der Waals surface area contributed by atoms with Gasteiger partial charge in [0.2, 0.25) is 0 Å². The standard InChI is InChI=1S/C11H21NO2.CH4O.CH4S.2H2O.H2/c1-11(2,3)14-10(13)12-9-7-5-4-6-8-9;2*1-2;;;/h9H,4-8H2,1-3H3,(H,12,13);2*2H,1H3;2*1H2;1H. The van der Waals surface area contributed by atoms with Crippen LogP contribution in [0.15, 0.2) is 0 Å². The lowest BCUT2D eigenvalue weighted by Gasteiger charge is -2.25. The number of hydrogen-bond donors (Lipinski definition) is 3. The molecule has 0 aliphatic heterocycles. The molecule has 1 saturated carbocycles. The number of carbonyl (C=O) groups excluding carboxylic acids is 1. The molecule has 128 valence electrons. The highest BCUT2D eigenvalue weighted by molar-refractivity contribution is 7.79. The van der Waals surface area contributed by atoms with Gasteiger partial charge in [0.05, 0.1) is 0 Å². The number of aliphatic hydroxyl groups excluding tert-OH is 1. The molecule has 20 heavy (non-hydrogen) atoms. The Morgan fingerprint density at radius 3 is 1.90 bits per heavy atom. The second-order valence-electron chi connectivity index (χ2n) is 4.98. The van der Waals surface area contributed by atoms with Crippen molar-refractivity contribution < 1.29 is 27.0 Å². The van der Waals surface area contributed by atoms with Crippen LogP contribution >= 0.6 is 12.6 Å². The van der Waals surface area contributed by atoms with Crippen molar-refractivity contribution in [1.82, 2.24) is 5.32 Å². The minimum atomic E-state index is -0.390. The fraction of sp³-hybridized carbons (Fsp3) is 0.923. The summed E-state index contributed by atoms with van der Waals surface area (Å²) in [6, 6.07) is 0.332. The first kappa shape index (κ1) is 27.8. The van der Waals surface area contributed by atoms with E-state index in [0.717, 1.165) is 20.0 Å². The van der Waals surface area contributed by atoms with E-state index >= 15 is 0 Å². The second kappa shape index (κ2) is 16.6. The molecule has 1 aliphatic rings. The van der Waals surface area contributed by atoms with E-state index in [9.17, 15) is 4.79 Å². The Balaban J connectivity index is -0.000000112. The summed E-state index contributed by atoms with van der Waals surface area (Å²) in [5.74, 6) is 0. The molecule has 7 heteroatoms. The van der Waals surface area contributed by atoms with Crippen molar-refractivity contribution in [2.75, 3.05) is 13.4 Å². The zero-order valence-electron chi connectivity index (χ0n) is 13.3. The molecule has 0 unspecified atom stereocenters. The Labute approximate surface area is 129 Å². The number of hydrogen-bond acceptors (Lipinski definition) is 4. The van der Waals surface area contributed by atoms with Crippen LogP contribution in [0.25, 0.3) is 0 Å². The SMILES string of the molecule is CC(C)(C)OC(=O)NC1CCCCC1.CO.CS.O.O.[HH]. The number of alkyl carbamates (subject to hydrolysis) is 1. The first-order valence-corrected chi connectivity index (χ1v) is 7.26. The van der Waals surface area contributed by atoms with Crippen LogP contribution in [0.1, 0.15) is 54.3 Å². The van der Waals surface area contributed by atoms with Crippen molar-refractivity contribution in [3.8, 4) is 0 Å². The molecule has 0 spiro atoms. The van der Waals surface area contributed by atoms with Gasteiger partial charge in [-0.25, -0.2) is 4.79 Å². The molecular weight excluding hydrogens is 282 g/mol. The zero-order chi connectivity index (χ0) is 14.6. The quantitative estimate of drug-likeness (QED) is 0.636. The molecule has 0 aromatic carbocycles. The van der Waals surface area contributed by atoms with Gasteiger partial charge in [0.25, 0.3) is 0 Å². The molecule has 0 heterocycles. The fourth-order valence-corrected chi connectivity index (χ4v) is 1.72. The number of amides is 1. The number of rotatable bonds is 1. The predicted molar refractivity (Wildman–Crippen MR) is 88.6 cm³/mol. The molecule has 0 radical (unpaired) electrons. The fourth-order valence-electron chi connectivity index (χ4n) is 1.72. The smallest absolute Gasteiger partial charge is 0.407 e. The van der Waals surface area contributed by atoms with Gasteiger partial charge in [-0.1, -0.05) is 19.3 Å². The summed E-state index contributed by atoms with van der Waals surface area (Å²) < 4.78 is 5.19. The molecule has 0 atom stereocenters. The molecule has 1 fully saturated rings. The van der Waals surface area contributed by atoms with Crippen LogP contribution < -0.4 is 5.32 Å². The van der Waals surface area contributed by atoms with Crippen LogP contribution in [-0.2, 0) is 4.74 Å². The molecule has 0 aromatic rings. The van der Waals surface area contributed by atoms with E-state index in [-0.39, 0.29) is 18.5 Å². The van der Waals surface area contributed by atoms with Gasteiger partial charge in [-0.05, 0) is 39.9 Å². The molecule has 1 amide bonds. The highest BCUT2D eigenvalue weighted by Gasteiger charge is 2.20. The summed E-state index contributed by atoms with van der Waals surface area (Å²) in [6.45, 7) is 5.65. The van der Waals surface area contributed by atoms with Gasteiger partial charge in [-0.3, -0.25) is 0 Å². The highest BCUT2D eigenvalue weighted by atomic mass is 32.1. The van der Waals surface area contributed by atoms with Gasteiger partial charge >= 0.3 is 6.09 Å². The maximum atomic E-state index is 11.4. The van der Waals surface area contributed by atoms with Crippen molar-refractivity contribution >= 4 is 18.7 Å². The minimum Gasteiger partial charge on any atom is -0.444 e. The maximum Gasteiger partial charge on any atom is 0.407 e. The van der Waals surface area contributed by atoms with Crippen molar-refractivity contribution in [1.29, 1.82) is 0 Å². The van der Waals surface area contributed by atoms with Gasteiger partial charge < -0.3 is 26.1 Å². The van der Waals surface area contributed by atoms with E-state index < -0.39 is 5.60 Å². The third-order valence-corrected chi connectivity index (χ3v) is 2.33. The summed E-state index contributed by atoms with van der Waals surface area (Å²) in [4.78, 5) is 11.4. The Morgan fingerprint density at radius 1 is 1.15 bits per heavy atom. The van der Waals surface area contributed by atoms with Gasteiger partial charge in [0.15, 0.2) is 0 Å². The van der Waals surface area contributed by atoms with Crippen LogP contribution in [0.4, 0.5) is 4.79 Å². The summed E-state index contributed by atoms with van der Waals surface area (Å²) in [5.41, 5.74) is -0.390. The summed E-state index contributed by atoms with van der Waals surface area (Å²) >= 11 is 3.53. The average Bonchev–Trinajstić information content (AvgIpc) is 2.33. The Morgan fingerprint density at radius 2 is 1.55 bits per heavy atom. The lowest BCUT2D eigenvalue weighted by atomic mass is 9.96. The third-order valence-electron chi connectivity index (χ3n) is 2.33. The predicted octanol–water partition coefficient (Wildman–Crippen LogP) is 1.59. The van der Waals surface area contributed by atoms with Gasteiger partial charge in [0.1, 0.15) is 5.60 Å². The van der Waals surface area contributed by atoms with Crippen molar-refractivity contribution in [2.24, 2.45) is 0 Å². The van der Waals surface area contributed by atoms with Crippen LogP contribution in [0.5, 0.6) is 0 Å². The number of aliphatic hydroxyl groups is 1. The van der Waals surface area contributed by atoms with E-state index in [1.807, 2.05) is 20.8 Å². The van der Waals surface area contributed by atoms with Crippen LogP contribution in [0, 0.1) is 0 Å². The minimum absolute atomic E-state index is 0. The molecule has 6 nitrogen and oxygen atoms in total. The molecule has 0 bridgehead atoms. The number of ether oxygens (including phenoxy) is 1. The average molecular weight is 317 g/mol. The first-order valence-electron chi connectivity index (χ1n) is 6.36. The Kier molecular flexibility index (Phi) is 23.0. The second-order valence-corrected chi connectivity index (χ2v) is 4.98. The molecule has 0 saturated heterocycles. The number of thiol groups is 1. The highest BCUT2D eigenvalue weighted by Crippen LogP contribution is 2.18. The van der Waals surface area contributed by atoms with Crippen LogP contribution in [0.2, 0.25) is 0 Å². The topological polar surface area (TPSA) is 122 Å². The summed E-state index contributed by atoms with van der Waals surface area (Å²) in [7, 11) is 1.00. The Bertz CT molecular complexity index is 209. The van der Waals surface area contributed by atoms with Crippen molar-refractivity contribution in [2.45, 2.75) is 64.5 Å². The maximum absolute atomic E-state index is 11.4. The molecule has 6 N–H and O–H groups in total. The van der Waals surface area contributed by atoms with Gasteiger partial charge in [-0.15, -0.1) is 0 Å². The summed E-state index contributed by atoms with van der Waals surface area (Å²) in [6.07, 6.45) is 7.36. The van der Waals surface area contributed by atoms with E-state index in [1.165, 1.54) is 19.3 Å². The number of carbonyl (C=O) groups is 1. The van der Waals surface area contributed by atoms with Gasteiger partial charge in [0, 0.05) is 14.6 Å². The largest absolute Gasteiger partial charge is 0.444 e. The molecule has 1 rings (SSSR count). The van der Waals surface area contributed by atoms with Crippen LogP contribution in [0.3, 0.4) is 0 Å². The molecule has 1 aliphatic carbocycles. The normalized spacial score (nSPS) is 13.9. The summed E-state index contributed by atoms with van der Waals surface area (Å²) in [5, 5.41) is 9.91. The van der Waals surface area contributed by atoms with Crippen molar-refractivity contribution in [3.05, 3.63) is 0 Å².